The van der Waals surface area contributed by atoms with E-state index in [9.17, 15) is 4.79 Å². The number of hydrogen-bond donors (Lipinski definition) is 0. The van der Waals surface area contributed by atoms with Crippen LogP contribution < -0.4 is 0 Å². The fourth-order valence-electron chi connectivity index (χ4n) is 1.48. The van der Waals surface area contributed by atoms with Crippen molar-refractivity contribution in [3.63, 3.8) is 0 Å². The summed E-state index contributed by atoms with van der Waals surface area (Å²) >= 11 is 1.57. The lowest BCUT2D eigenvalue weighted by atomic mass is 10.0. The molecule has 0 aromatic heterocycles. The number of carbonyl (C=O) groups excluding carboxylic acids is 1. The molecular weight excluding hydrogens is 156 g/mol. The predicted octanol–water partition coefficient (Wildman–Crippen LogP) is 2.84. The highest BCUT2D eigenvalue weighted by atomic mass is 32.2. The van der Waals surface area contributed by atoms with Crippen molar-refractivity contribution in [3.8, 4) is 0 Å². The fourth-order valence-corrected chi connectivity index (χ4v) is 2.79. The van der Waals surface area contributed by atoms with Crippen LogP contribution in [0.3, 0.4) is 0 Å². The molecule has 1 nitrogen and oxygen atoms in total. The molecule has 1 heterocycles. The van der Waals surface area contributed by atoms with E-state index < -0.39 is 0 Å². The van der Waals surface area contributed by atoms with Gasteiger partial charge in [-0.15, -0.1) is 0 Å². The minimum absolute atomic E-state index is 0.401. The molecule has 0 N–H and O–H groups in total. The Kier molecular flexibility index (Phi) is 3.44. The Hall–Kier alpha value is 0.0200. The van der Waals surface area contributed by atoms with Crippen LogP contribution in [0.2, 0.25) is 0 Å². The first-order valence-electron chi connectivity index (χ1n) is 4.43. The Balaban J connectivity index is 2.28. The van der Waals surface area contributed by atoms with E-state index >= 15 is 0 Å². The third kappa shape index (κ3) is 2.51. The number of unbranched alkanes of at least 4 members (excludes halogenated alkanes) is 1. The minimum atomic E-state index is 0.401. The molecule has 1 aliphatic rings. The first-order chi connectivity index (χ1) is 5.24. The standard InChI is InChI=1S/C9H16OS/c1-3-4-5-8-7(2)6-9(10)11-8/h7-8H,3-6H2,1-2H3/t7-,8+/m0/s1. The highest BCUT2D eigenvalue weighted by Gasteiger charge is 2.29. The zero-order chi connectivity index (χ0) is 8.27. The summed E-state index contributed by atoms with van der Waals surface area (Å²) in [6.45, 7) is 4.39. The molecule has 11 heavy (non-hydrogen) atoms. The third-order valence-electron chi connectivity index (χ3n) is 2.25. The fraction of sp³-hybridized carbons (Fsp3) is 0.889. The molecule has 0 aromatic rings. The van der Waals surface area contributed by atoms with Crippen LogP contribution in [0.5, 0.6) is 0 Å². The second-order valence-corrected chi connectivity index (χ2v) is 4.65. The lowest BCUT2D eigenvalue weighted by Crippen LogP contribution is -2.06. The molecule has 2 heteroatoms. The molecule has 0 aromatic carbocycles. The quantitative estimate of drug-likeness (QED) is 0.651. The molecule has 2 atom stereocenters. The maximum atomic E-state index is 11.0. The van der Waals surface area contributed by atoms with Crippen LogP contribution in [0.25, 0.3) is 0 Å². The van der Waals surface area contributed by atoms with Crippen LogP contribution >= 0.6 is 11.8 Å². The summed E-state index contributed by atoms with van der Waals surface area (Å²) in [5, 5.41) is 1.03. The molecule has 64 valence electrons. The second kappa shape index (κ2) is 4.15. The van der Waals surface area contributed by atoms with Gasteiger partial charge in [-0.25, -0.2) is 0 Å². The number of rotatable bonds is 3. The van der Waals surface area contributed by atoms with E-state index in [-0.39, 0.29) is 0 Å². The van der Waals surface area contributed by atoms with Crippen LogP contribution in [0.4, 0.5) is 0 Å². The number of hydrogen-bond acceptors (Lipinski definition) is 2. The van der Waals surface area contributed by atoms with Crippen molar-refractivity contribution in [1.29, 1.82) is 0 Å². The first kappa shape index (κ1) is 9.11. The number of carbonyl (C=O) groups is 1. The highest BCUT2D eigenvalue weighted by Crippen LogP contribution is 2.36. The van der Waals surface area contributed by atoms with Gasteiger partial charge in [-0.1, -0.05) is 38.5 Å². The van der Waals surface area contributed by atoms with Gasteiger partial charge in [0.15, 0.2) is 5.12 Å². The molecule has 1 aliphatic heterocycles. The van der Waals surface area contributed by atoms with Crippen LogP contribution in [0.15, 0.2) is 0 Å². The monoisotopic (exact) mass is 172 g/mol. The van der Waals surface area contributed by atoms with Crippen molar-refractivity contribution >= 4 is 16.9 Å². The molecule has 1 rings (SSSR count). The van der Waals surface area contributed by atoms with Gasteiger partial charge in [0.25, 0.3) is 0 Å². The second-order valence-electron chi connectivity index (χ2n) is 3.35. The van der Waals surface area contributed by atoms with Gasteiger partial charge in [-0.05, 0) is 12.3 Å². The largest absolute Gasteiger partial charge is 0.287 e. The first-order valence-corrected chi connectivity index (χ1v) is 5.31. The van der Waals surface area contributed by atoms with Gasteiger partial charge >= 0.3 is 0 Å². The molecule has 0 aliphatic carbocycles. The Morgan fingerprint density at radius 2 is 2.36 bits per heavy atom. The number of thioether (sulfide) groups is 1. The van der Waals surface area contributed by atoms with Crippen molar-refractivity contribution in [2.75, 3.05) is 0 Å². The minimum Gasteiger partial charge on any atom is -0.287 e. The van der Waals surface area contributed by atoms with Crippen molar-refractivity contribution in [1.82, 2.24) is 0 Å². The Morgan fingerprint density at radius 1 is 1.64 bits per heavy atom. The zero-order valence-corrected chi connectivity index (χ0v) is 8.12. The maximum Gasteiger partial charge on any atom is 0.189 e. The van der Waals surface area contributed by atoms with Crippen molar-refractivity contribution in [3.05, 3.63) is 0 Å². The summed E-state index contributed by atoms with van der Waals surface area (Å²) in [5.74, 6) is 0.624. The van der Waals surface area contributed by atoms with E-state index in [2.05, 4.69) is 13.8 Å². The summed E-state index contributed by atoms with van der Waals surface area (Å²) in [5.41, 5.74) is 0. The summed E-state index contributed by atoms with van der Waals surface area (Å²) < 4.78 is 0. The average molecular weight is 172 g/mol. The zero-order valence-electron chi connectivity index (χ0n) is 7.30. The molecule has 1 saturated heterocycles. The molecule has 1 fully saturated rings. The molecular formula is C9H16OS. The van der Waals surface area contributed by atoms with Gasteiger partial charge in [0.1, 0.15) is 0 Å². The van der Waals surface area contributed by atoms with E-state index in [1.54, 1.807) is 11.8 Å². The summed E-state index contributed by atoms with van der Waals surface area (Å²) in [6.07, 6.45) is 4.56. The smallest absolute Gasteiger partial charge is 0.189 e. The van der Waals surface area contributed by atoms with Crippen molar-refractivity contribution in [2.24, 2.45) is 5.92 Å². The van der Waals surface area contributed by atoms with Gasteiger partial charge in [0.05, 0.1) is 0 Å². The third-order valence-corrected chi connectivity index (χ3v) is 3.68. The molecule has 0 saturated carbocycles. The van der Waals surface area contributed by atoms with Crippen LogP contribution in [-0.4, -0.2) is 10.4 Å². The predicted molar refractivity (Wildman–Crippen MR) is 49.7 cm³/mol. The van der Waals surface area contributed by atoms with Crippen molar-refractivity contribution < 1.29 is 4.79 Å². The van der Waals surface area contributed by atoms with E-state index in [0.717, 1.165) is 6.42 Å². The molecule has 0 radical (unpaired) electrons. The highest BCUT2D eigenvalue weighted by molar-refractivity contribution is 8.14. The molecule has 0 amide bonds. The van der Waals surface area contributed by atoms with Gasteiger partial charge < -0.3 is 0 Å². The summed E-state index contributed by atoms with van der Waals surface area (Å²) in [6, 6.07) is 0. The summed E-state index contributed by atoms with van der Waals surface area (Å²) in [4.78, 5) is 11.0. The van der Waals surface area contributed by atoms with E-state index in [1.165, 1.54) is 19.3 Å². The Bertz CT molecular complexity index is 144. The lowest BCUT2D eigenvalue weighted by Gasteiger charge is -2.11. The average Bonchev–Trinajstić information content (AvgIpc) is 2.26. The van der Waals surface area contributed by atoms with Crippen LogP contribution in [0.1, 0.15) is 39.5 Å². The summed E-state index contributed by atoms with van der Waals surface area (Å²) in [7, 11) is 0. The topological polar surface area (TPSA) is 17.1 Å². The van der Waals surface area contributed by atoms with Gasteiger partial charge in [0, 0.05) is 11.7 Å². The van der Waals surface area contributed by atoms with E-state index in [4.69, 9.17) is 0 Å². The van der Waals surface area contributed by atoms with Crippen LogP contribution in [0, 0.1) is 5.92 Å². The van der Waals surface area contributed by atoms with Gasteiger partial charge in [0.2, 0.25) is 0 Å². The SMILES string of the molecule is CCCC[C@H]1SC(=O)C[C@@H]1C. The van der Waals surface area contributed by atoms with Gasteiger partial charge in [-0.3, -0.25) is 4.79 Å². The Morgan fingerprint density at radius 3 is 2.82 bits per heavy atom. The van der Waals surface area contributed by atoms with Crippen LogP contribution in [-0.2, 0) is 4.79 Å². The normalized spacial score (nSPS) is 31.3. The van der Waals surface area contributed by atoms with Gasteiger partial charge in [-0.2, -0.15) is 0 Å². The Labute approximate surface area is 72.9 Å². The molecule has 0 spiro atoms. The van der Waals surface area contributed by atoms with Crippen molar-refractivity contribution in [2.45, 2.75) is 44.8 Å². The van der Waals surface area contributed by atoms with E-state index in [0.29, 0.717) is 16.3 Å². The lowest BCUT2D eigenvalue weighted by molar-refractivity contribution is -0.110. The maximum absolute atomic E-state index is 11.0. The van der Waals surface area contributed by atoms with E-state index in [1.807, 2.05) is 0 Å². The molecule has 0 bridgehead atoms. The molecule has 0 unspecified atom stereocenters.